The van der Waals surface area contributed by atoms with Crippen molar-refractivity contribution >= 4 is 55.9 Å². The zero-order valence-corrected chi connectivity index (χ0v) is 36.7. The predicted molar refractivity (Wildman–Crippen MR) is 270 cm³/mol. The number of nitrogens with zero attached hydrogens (tertiary/aromatic N) is 5. The lowest BCUT2D eigenvalue weighted by molar-refractivity contribution is 0.518. The van der Waals surface area contributed by atoms with Crippen molar-refractivity contribution in [3.8, 4) is 39.2 Å². The molecule has 3 heterocycles. The first kappa shape index (κ1) is 39.0. The van der Waals surface area contributed by atoms with Gasteiger partial charge in [-0.05, 0) is 116 Å². The van der Waals surface area contributed by atoms with E-state index in [1.54, 1.807) is 0 Å². The molecule has 10 aromatic rings. The van der Waals surface area contributed by atoms with Gasteiger partial charge < -0.3 is 14.7 Å². The summed E-state index contributed by atoms with van der Waals surface area (Å²) in [5.41, 5.74) is 17.1. The van der Waals surface area contributed by atoms with Crippen molar-refractivity contribution in [1.82, 2.24) is 9.55 Å². The Morgan fingerprint density at radius 2 is 1.09 bits per heavy atom. The van der Waals surface area contributed by atoms with Crippen molar-refractivity contribution in [2.45, 2.75) is 33.2 Å². The Kier molecular flexibility index (Phi) is 9.62. The maximum Gasteiger partial charge on any atom is 0.138 e. The molecule has 0 N–H and O–H groups in total. The van der Waals surface area contributed by atoms with Crippen LogP contribution in [0.15, 0.2) is 212 Å². The molecule has 11 rings (SSSR count). The third-order valence-electron chi connectivity index (χ3n) is 12.7. The molecule has 64 heavy (non-hydrogen) atoms. The van der Waals surface area contributed by atoms with Gasteiger partial charge in [-0.1, -0.05) is 146 Å². The van der Waals surface area contributed by atoms with Gasteiger partial charge in [-0.2, -0.15) is 0 Å². The van der Waals surface area contributed by atoms with Gasteiger partial charge in [-0.15, -0.1) is 0 Å². The Bertz CT molecular complexity index is 3270. The van der Waals surface area contributed by atoms with Gasteiger partial charge in [0.2, 0.25) is 0 Å². The second kappa shape index (κ2) is 15.8. The molecule has 5 heteroatoms. The van der Waals surface area contributed by atoms with Crippen LogP contribution in [0.4, 0.5) is 34.1 Å². The van der Waals surface area contributed by atoms with Crippen LogP contribution in [0.1, 0.15) is 26.3 Å². The number of fused-ring (bicyclic) bond motifs is 4. The summed E-state index contributed by atoms with van der Waals surface area (Å²) in [6.07, 6.45) is 1.94. The summed E-state index contributed by atoms with van der Waals surface area (Å²) < 4.78 is 2.34. The summed E-state index contributed by atoms with van der Waals surface area (Å²) in [6, 6.07) is 74.8. The molecule has 0 spiro atoms. The minimum Gasteiger partial charge on any atom is -0.347 e. The number of pyridine rings is 1. The fraction of sp³-hybridized carbons (Fsp3) is 0.102. The van der Waals surface area contributed by atoms with E-state index in [-0.39, 0.29) is 5.54 Å². The minimum absolute atomic E-state index is 0.0596. The van der Waals surface area contributed by atoms with E-state index in [0.717, 1.165) is 74.1 Å². The van der Waals surface area contributed by atoms with E-state index in [0.29, 0.717) is 0 Å². The molecule has 0 bridgehead atoms. The van der Waals surface area contributed by atoms with Crippen molar-refractivity contribution in [2.24, 2.45) is 0 Å². The summed E-state index contributed by atoms with van der Waals surface area (Å²) in [6.45, 7) is 9.80. The molecule has 0 saturated carbocycles. The fourth-order valence-electron chi connectivity index (χ4n) is 9.65. The molecule has 0 aliphatic carbocycles. The maximum absolute atomic E-state index is 5.07. The van der Waals surface area contributed by atoms with E-state index in [1.807, 2.05) is 6.20 Å². The van der Waals surface area contributed by atoms with Gasteiger partial charge in [-0.3, -0.25) is 4.57 Å². The van der Waals surface area contributed by atoms with Crippen LogP contribution >= 0.6 is 0 Å². The second-order valence-corrected chi connectivity index (χ2v) is 17.7. The molecular formula is C59H49N5. The fourth-order valence-corrected chi connectivity index (χ4v) is 9.65. The summed E-state index contributed by atoms with van der Waals surface area (Å²) in [5.74, 6) is 0.878. The van der Waals surface area contributed by atoms with Crippen molar-refractivity contribution in [3.63, 3.8) is 0 Å². The maximum atomic E-state index is 5.07. The van der Waals surface area contributed by atoms with Gasteiger partial charge in [-0.25, -0.2) is 4.98 Å². The number of para-hydroxylation sites is 4. The van der Waals surface area contributed by atoms with E-state index >= 15 is 0 Å². The van der Waals surface area contributed by atoms with Gasteiger partial charge in [0.05, 0.1) is 34.8 Å². The number of rotatable bonds is 8. The van der Waals surface area contributed by atoms with E-state index in [9.17, 15) is 0 Å². The smallest absolute Gasteiger partial charge is 0.138 e. The van der Waals surface area contributed by atoms with Crippen LogP contribution in [0.2, 0.25) is 0 Å². The number of aryl methyl sites for hydroxylation is 1. The summed E-state index contributed by atoms with van der Waals surface area (Å²) >= 11 is 0. The largest absolute Gasteiger partial charge is 0.347 e. The highest BCUT2D eigenvalue weighted by atomic mass is 15.4. The normalized spacial score (nSPS) is 12.6. The molecule has 0 fully saturated rings. The van der Waals surface area contributed by atoms with Crippen LogP contribution in [0, 0.1) is 6.92 Å². The summed E-state index contributed by atoms with van der Waals surface area (Å²) in [4.78, 5) is 12.5. The average Bonchev–Trinajstić information content (AvgIpc) is 3.89. The Hall–Kier alpha value is -7.89. The Labute approximate surface area is 375 Å². The first-order valence-electron chi connectivity index (χ1n) is 22.2. The van der Waals surface area contributed by atoms with Gasteiger partial charge in [0.1, 0.15) is 5.82 Å². The topological polar surface area (TPSA) is 27.5 Å². The van der Waals surface area contributed by atoms with E-state index in [2.05, 4.69) is 253 Å². The monoisotopic (exact) mass is 827 g/mol. The third-order valence-corrected chi connectivity index (χ3v) is 12.7. The number of hydrogen-bond acceptors (Lipinski definition) is 4. The Morgan fingerprint density at radius 1 is 0.484 bits per heavy atom. The highest BCUT2D eigenvalue weighted by molar-refractivity contribution is 6.11. The van der Waals surface area contributed by atoms with E-state index in [1.165, 1.54) is 33.3 Å². The van der Waals surface area contributed by atoms with Gasteiger partial charge in [0, 0.05) is 50.7 Å². The summed E-state index contributed by atoms with van der Waals surface area (Å²) in [7, 11) is 0. The lowest BCUT2D eigenvalue weighted by atomic mass is 9.94. The van der Waals surface area contributed by atoms with Gasteiger partial charge in [0.15, 0.2) is 0 Å². The number of benzene rings is 8. The van der Waals surface area contributed by atoms with Crippen molar-refractivity contribution in [2.75, 3.05) is 21.4 Å². The predicted octanol–water partition coefficient (Wildman–Crippen LogP) is 15.7. The molecule has 0 amide bonds. The van der Waals surface area contributed by atoms with Crippen molar-refractivity contribution in [1.29, 1.82) is 0 Å². The molecule has 0 radical (unpaired) electrons. The number of hydrogen-bond donors (Lipinski definition) is 0. The molecule has 2 aromatic heterocycles. The van der Waals surface area contributed by atoms with Crippen LogP contribution in [0.25, 0.3) is 61.0 Å². The van der Waals surface area contributed by atoms with Crippen LogP contribution < -0.4 is 14.7 Å². The highest BCUT2D eigenvalue weighted by Gasteiger charge is 2.34. The van der Waals surface area contributed by atoms with Crippen LogP contribution in [0.3, 0.4) is 0 Å². The van der Waals surface area contributed by atoms with Crippen LogP contribution in [-0.2, 0) is 0 Å². The van der Waals surface area contributed by atoms with Crippen molar-refractivity contribution in [3.05, 3.63) is 218 Å². The molecule has 1 aliphatic rings. The number of anilines is 6. The Morgan fingerprint density at radius 3 is 1.83 bits per heavy atom. The molecule has 0 saturated heterocycles. The zero-order valence-electron chi connectivity index (χ0n) is 36.7. The van der Waals surface area contributed by atoms with Crippen LogP contribution in [0.5, 0.6) is 0 Å². The third kappa shape index (κ3) is 6.77. The highest BCUT2D eigenvalue weighted by Crippen LogP contribution is 2.50. The quantitative estimate of drug-likeness (QED) is 0.152. The molecule has 0 atom stereocenters. The number of aromatic nitrogens is 2. The summed E-state index contributed by atoms with van der Waals surface area (Å²) in [5, 5.41) is 2.36. The average molecular weight is 828 g/mol. The molecule has 8 aromatic carbocycles. The molecule has 310 valence electrons. The van der Waals surface area contributed by atoms with Crippen molar-refractivity contribution < 1.29 is 0 Å². The lowest BCUT2D eigenvalue weighted by Crippen LogP contribution is -2.42. The standard InChI is InChI=1S/C59H49N5/c1-41-19-11-12-26-48(41)44-35-36-60-57(37-44)64-53-30-14-13-27-51(53)52-34-33-47(39-56(52)64)63(58-49(42-20-7-5-8-21-42)28-18-29-50(58)43-22-9-6-10-23-43)46-25-17-24-45(38-46)61-40-62(59(2,3)4)55-32-16-15-31-54(55)61/h5-39H,40H2,1-4H3. The van der Waals surface area contributed by atoms with Gasteiger partial charge in [0.25, 0.3) is 0 Å². The molecular weight excluding hydrogens is 779 g/mol. The molecule has 1 aliphatic heterocycles. The molecule has 5 nitrogen and oxygen atoms in total. The van der Waals surface area contributed by atoms with E-state index in [4.69, 9.17) is 4.98 Å². The SMILES string of the molecule is Cc1ccccc1-c1ccnc(-n2c3ccccc3c3ccc(N(c4cccc(N5CN(C(C)(C)C)c6ccccc65)c4)c4c(-c5ccccc5)cccc4-c4ccccc4)cc32)c1. The van der Waals surface area contributed by atoms with Crippen LogP contribution in [-0.4, -0.2) is 21.8 Å². The van der Waals surface area contributed by atoms with E-state index < -0.39 is 0 Å². The second-order valence-electron chi connectivity index (χ2n) is 17.7. The zero-order chi connectivity index (χ0) is 43.4. The van der Waals surface area contributed by atoms with Gasteiger partial charge >= 0.3 is 0 Å². The minimum atomic E-state index is -0.0596. The molecule has 0 unspecified atom stereocenters. The first-order chi connectivity index (χ1) is 31.3. The Balaban J connectivity index is 1.18. The first-order valence-corrected chi connectivity index (χ1v) is 22.2. The lowest BCUT2D eigenvalue weighted by Gasteiger charge is -2.34.